The van der Waals surface area contributed by atoms with Gasteiger partial charge in [-0.25, -0.2) is 0 Å². The van der Waals surface area contributed by atoms with E-state index in [1.165, 1.54) is 7.11 Å². The Labute approximate surface area is 177 Å². The highest BCUT2D eigenvalue weighted by molar-refractivity contribution is 6.74. The number of rotatable bonds is 12. The van der Waals surface area contributed by atoms with Gasteiger partial charge < -0.3 is 28.8 Å². The van der Waals surface area contributed by atoms with Crippen molar-refractivity contribution in [2.24, 2.45) is 0 Å². The van der Waals surface area contributed by atoms with Gasteiger partial charge in [0.05, 0.1) is 18.8 Å². The lowest BCUT2D eigenvalue weighted by Gasteiger charge is -2.40. The van der Waals surface area contributed by atoms with Crippen LogP contribution < -0.4 is 0 Å². The van der Waals surface area contributed by atoms with Crippen LogP contribution in [0.5, 0.6) is 0 Å². The van der Waals surface area contributed by atoms with Crippen molar-refractivity contribution >= 4 is 8.32 Å². The average molecular weight is 429 g/mol. The first-order chi connectivity index (χ1) is 13.3. The SMILES string of the molecule is CO[C@H]([C@@H](OCOCc1ccccc1)[C@@H](O)CO[Si](C)(C)C(C)(C)C)C(C)(C)O. The molecule has 0 unspecified atom stereocenters. The third-order valence-corrected chi connectivity index (χ3v) is 10.0. The van der Waals surface area contributed by atoms with Crippen molar-refractivity contribution in [2.75, 3.05) is 20.5 Å². The highest BCUT2D eigenvalue weighted by Crippen LogP contribution is 2.36. The summed E-state index contributed by atoms with van der Waals surface area (Å²) in [6.07, 6.45) is -2.53. The highest BCUT2D eigenvalue weighted by Gasteiger charge is 2.42. The fraction of sp³-hybridized carbons (Fsp3) is 0.727. The minimum Gasteiger partial charge on any atom is -0.414 e. The van der Waals surface area contributed by atoms with Crippen LogP contribution in [0.4, 0.5) is 0 Å². The van der Waals surface area contributed by atoms with Crippen molar-refractivity contribution < 1.29 is 28.8 Å². The molecule has 0 fully saturated rings. The molecule has 3 atom stereocenters. The number of benzene rings is 1. The molecule has 1 rings (SSSR count). The number of ether oxygens (including phenoxy) is 3. The summed E-state index contributed by atoms with van der Waals surface area (Å²) in [5, 5.41) is 21.4. The van der Waals surface area contributed by atoms with E-state index < -0.39 is 32.2 Å². The summed E-state index contributed by atoms with van der Waals surface area (Å²) in [5.74, 6) is 0. The molecule has 29 heavy (non-hydrogen) atoms. The zero-order valence-corrected chi connectivity index (χ0v) is 20.3. The first-order valence-electron chi connectivity index (χ1n) is 10.1. The van der Waals surface area contributed by atoms with Gasteiger partial charge in [-0.2, -0.15) is 0 Å². The van der Waals surface area contributed by atoms with E-state index in [9.17, 15) is 10.2 Å². The van der Waals surface area contributed by atoms with Crippen LogP contribution in [0.15, 0.2) is 30.3 Å². The fourth-order valence-electron chi connectivity index (χ4n) is 2.69. The molecule has 0 aliphatic rings. The Balaban J connectivity index is 2.76. The predicted octanol–water partition coefficient (Wildman–Crippen LogP) is 3.71. The Kier molecular flexibility index (Phi) is 9.95. The van der Waals surface area contributed by atoms with Crippen molar-refractivity contribution in [1.29, 1.82) is 0 Å². The lowest BCUT2D eigenvalue weighted by molar-refractivity contribution is -0.208. The predicted molar refractivity (Wildman–Crippen MR) is 117 cm³/mol. The molecule has 6 nitrogen and oxygen atoms in total. The van der Waals surface area contributed by atoms with Gasteiger partial charge in [-0.1, -0.05) is 51.1 Å². The van der Waals surface area contributed by atoms with E-state index in [-0.39, 0.29) is 18.4 Å². The van der Waals surface area contributed by atoms with Crippen molar-refractivity contribution in [1.82, 2.24) is 0 Å². The molecule has 0 saturated carbocycles. The van der Waals surface area contributed by atoms with Gasteiger partial charge in [-0.15, -0.1) is 0 Å². The lowest BCUT2D eigenvalue weighted by Crippen LogP contribution is -2.54. The molecule has 0 radical (unpaired) electrons. The van der Waals surface area contributed by atoms with E-state index in [0.29, 0.717) is 6.61 Å². The first-order valence-corrected chi connectivity index (χ1v) is 13.0. The zero-order valence-electron chi connectivity index (χ0n) is 19.3. The summed E-state index contributed by atoms with van der Waals surface area (Å²) < 4.78 is 23.1. The Morgan fingerprint density at radius 2 is 1.62 bits per heavy atom. The molecule has 0 bridgehead atoms. The molecule has 1 aromatic rings. The van der Waals surface area contributed by atoms with Gasteiger partial charge in [-0.3, -0.25) is 0 Å². The second kappa shape index (κ2) is 11.0. The van der Waals surface area contributed by atoms with E-state index in [2.05, 4.69) is 33.9 Å². The van der Waals surface area contributed by atoms with Crippen LogP contribution in [0.1, 0.15) is 40.2 Å². The quantitative estimate of drug-likeness (QED) is 0.300. The fourth-order valence-corrected chi connectivity index (χ4v) is 3.71. The Hall–Kier alpha value is -0.803. The lowest BCUT2D eigenvalue weighted by atomic mass is 9.93. The van der Waals surface area contributed by atoms with Gasteiger partial charge in [-0.05, 0) is 37.5 Å². The average Bonchev–Trinajstić information content (AvgIpc) is 2.61. The largest absolute Gasteiger partial charge is 0.414 e. The minimum atomic E-state index is -2.04. The van der Waals surface area contributed by atoms with Crippen molar-refractivity contribution in [3.05, 3.63) is 35.9 Å². The van der Waals surface area contributed by atoms with Gasteiger partial charge in [0.2, 0.25) is 0 Å². The standard InChI is InChI=1S/C22H40O6Si/c1-21(2,3)29(7,8)28-15-18(23)19(20(25-6)22(4,5)24)27-16-26-14-17-12-10-9-11-13-17/h9-13,18-20,23-24H,14-16H2,1-8H3/t18-,19-,20+/m0/s1. The van der Waals surface area contributed by atoms with Crippen LogP contribution in [0, 0.1) is 0 Å². The molecule has 0 amide bonds. The normalized spacial score (nSPS) is 16.5. The Morgan fingerprint density at radius 3 is 2.10 bits per heavy atom. The van der Waals surface area contributed by atoms with Crippen LogP contribution in [0.3, 0.4) is 0 Å². The Bertz CT molecular complexity index is 579. The van der Waals surface area contributed by atoms with Crippen LogP contribution in [-0.4, -0.2) is 63.0 Å². The second-order valence-corrected chi connectivity index (χ2v) is 14.3. The maximum atomic E-state index is 10.8. The molecular weight excluding hydrogens is 388 g/mol. The maximum absolute atomic E-state index is 10.8. The van der Waals surface area contributed by atoms with Crippen LogP contribution >= 0.6 is 0 Å². The minimum absolute atomic E-state index is 0.0266. The summed E-state index contributed by atoms with van der Waals surface area (Å²) in [7, 11) is -0.545. The molecular formula is C22H40O6Si. The van der Waals surface area contributed by atoms with E-state index in [1.54, 1.807) is 13.8 Å². The van der Waals surface area contributed by atoms with Crippen molar-refractivity contribution in [3.8, 4) is 0 Å². The van der Waals surface area contributed by atoms with Crippen LogP contribution in [0.25, 0.3) is 0 Å². The van der Waals surface area contributed by atoms with Crippen molar-refractivity contribution in [2.45, 2.75) is 83.3 Å². The van der Waals surface area contributed by atoms with Crippen molar-refractivity contribution in [3.63, 3.8) is 0 Å². The van der Waals surface area contributed by atoms with Crippen LogP contribution in [-0.2, 0) is 25.2 Å². The Morgan fingerprint density at radius 1 is 1.03 bits per heavy atom. The number of hydrogen-bond acceptors (Lipinski definition) is 6. The molecule has 1 aromatic carbocycles. The van der Waals surface area contributed by atoms with E-state index in [4.69, 9.17) is 18.6 Å². The monoisotopic (exact) mass is 428 g/mol. The van der Waals surface area contributed by atoms with E-state index in [1.807, 2.05) is 30.3 Å². The molecule has 0 spiro atoms. The third kappa shape index (κ3) is 8.45. The second-order valence-electron chi connectivity index (χ2n) is 9.53. The van der Waals surface area contributed by atoms with Crippen LogP contribution in [0.2, 0.25) is 18.1 Å². The number of aliphatic hydroxyl groups excluding tert-OH is 1. The molecule has 0 aliphatic carbocycles. The summed E-state index contributed by atoms with van der Waals surface area (Å²) in [5.41, 5.74) is -0.184. The number of aliphatic hydroxyl groups is 2. The summed E-state index contributed by atoms with van der Waals surface area (Å²) >= 11 is 0. The van der Waals surface area contributed by atoms with Gasteiger partial charge in [0.15, 0.2) is 8.32 Å². The molecule has 2 N–H and O–H groups in total. The molecule has 0 aliphatic heterocycles. The van der Waals surface area contributed by atoms with E-state index >= 15 is 0 Å². The summed E-state index contributed by atoms with van der Waals surface area (Å²) in [6.45, 7) is 14.4. The molecule has 0 heterocycles. The molecule has 7 heteroatoms. The van der Waals surface area contributed by atoms with Gasteiger partial charge in [0.1, 0.15) is 25.1 Å². The number of hydrogen-bond donors (Lipinski definition) is 2. The third-order valence-electron chi connectivity index (χ3n) is 5.50. The highest BCUT2D eigenvalue weighted by atomic mass is 28.4. The van der Waals surface area contributed by atoms with Gasteiger partial charge in [0, 0.05) is 7.11 Å². The first kappa shape index (κ1) is 26.2. The number of methoxy groups -OCH3 is 1. The topological polar surface area (TPSA) is 77.4 Å². The van der Waals surface area contributed by atoms with Gasteiger partial charge >= 0.3 is 0 Å². The van der Waals surface area contributed by atoms with Gasteiger partial charge in [0.25, 0.3) is 0 Å². The summed E-state index contributed by atoms with van der Waals surface area (Å²) in [4.78, 5) is 0. The van der Waals surface area contributed by atoms with E-state index in [0.717, 1.165) is 5.56 Å². The maximum Gasteiger partial charge on any atom is 0.192 e. The molecule has 168 valence electrons. The smallest absolute Gasteiger partial charge is 0.192 e. The molecule has 0 saturated heterocycles. The molecule has 0 aromatic heterocycles. The summed E-state index contributed by atoms with van der Waals surface area (Å²) in [6, 6.07) is 9.77. The zero-order chi connectivity index (χ0) is 22.3.